The SMILES string of the molecule is [B]C(/C=C/CCC)CC(C)C(=O)O. The van der Waals surface area contributed by atoms with Crippen molar-refractivity contribution in [1.29, 1.82) is 0 Å². The van der Waals surface area contributed by atoms with Gasteiger partial charge in [-0.15, -0.1) is 0 Å². The van der Waals surface area contributed by atoms with Gasteiger partial charge >= 0.3 is 5.97 Å². The molecule has 72 valence electrons. The van der Waals surface area contributed by atoms with Gasteiger partial charge in [0.1, 0.15) is 0 Å². The Balaban J connectivity index is 3.73. The smallest absolute Gasteiger partial charge is 0.306 e. The van der Waals surface area contributed by atoms with Gasteiger partial charge in [0.25, 0.3) is 0 Å². The van der Waals surface area contributed by atoms with Gasteiger partial charge in [-0.1, -0.05) is 38.2 Å². The zero-order valence-corrected chi connectivity index (χ0v) is 8.36. The highest BCUT2D eigenvalue weighted by molar-refractivity contribution is 6.13. The molecule has 0 aliphatic heterocycles. The molecule has 0 fully saturated rings. The van der Waals surface area contributed by atoms with E-state index >= 15 is 0 Å². The van der Waals surface area contributed by atoms with Crippen LogP contribution >= 0.6 is 0 Å². The highest BCUT2D eigenvalue weighted by Crippen LogP contribution is 2.16. The number of carbonyl (C=O) groups is 1. The summed E-state index contributed by atoms with van der Waals surface area (Å²) in [5.74, 6) is -1.27. The number of hydrogen-bond donors (Lipinski definition) is 1. The lowest BCUT2D eigenvalue weighted by atomic mass is 9.80. The van der Waals surface area contributed by atoms with E-state index in [1.54, 1.807) is 6.92 Å². The van der Waals surface area contributed by atoms with Crippen LogP contribution in [-0.2, 0) is 4.79 Å². The van der Waals surface area contributed by atoms with E-state index in [0.717, 1.165) is 12.8 Å². The molecule has 13 heavy (non-hydrogen) atoms. The van der Waals surface area contributed by atoms with Crippen LogP contribution in [0.5, 0.6) is 0 Å². The second-order valence-electron chi connectivity index (χ2n) is 3.36. The van der Waals surface area contributed by atoms with Gasteiger partial charge in [0.2, 0.25) is 0 Å². The van der Waals surface area contributed by atoms with Crippen molar-refractivity contribution in [2.45, 2.75) is 38.9 Å². The third-order valence-corrected chi connectivity index (χ3v) is 1.89. The molecule has 0 rings (SSSR count). The predicted molar refractivity (Wildman–Crippen MR) is 55.0 cm³/mol. The molecule has 0 amide bonds. The topological polar surface area (TPSA) is 37.3 Å². The van der Waals surface area contributed by atoms with E-state index in [0.29, 0.717) is 6.42 Å². The first-order valence-corrected chi connectivity index (χ1v) is 4.73. The Hall–Kier alpha value is -0.725. The van der Waals surface area contributed by atoms with Crippen molar-refractivity contribution in [3.63, 3.8) is 0 Å². The molecule has 0 heterocycles. The first-order valence-electron chi connectivity index (χ1n) is 4.73. The van der Waals surface area contributed by atoms with E-state index in [4.69, 9.17) is 13.0 Å². The maximum Gasteiger partial charge on any atom is 0.306 e. The molecule has 0 aliphatic rings. The van der Waals surface area contributed by atoms with Crippen molar-refractivity contribution in [1.82, 2.24) is 0 Å². The summed E-state index contributed by atoms with van der Waals surface area (Å²) in [4.78, 5) is 10.5. The van der Waals surface area contributed by atoms with E-state index in [1.165, 1.54) is 0 Å². The van der Waals surface area contributed by atoms with Crippen molar-refractivity contribution >= 4 is 13.8 Å². The van der Waals surface area contributed by atoms with Crippen LogP contribution in [0.3, 0.4) is 0 Å². The quantitative estimate of drug-likeness (QED) is 0.503. The lowest BCUT2D eigenvalue weighted by molar-refractivity contribution is -0.141. The Morgan fingerprint density at radius 3 is 2.69 bits per heavy atom. The Labute approximate surface area is 81.4 Å². The van der Waals surface area contributed by atoms with Crippen molar-refractivity contribution in [2.24, 2.45) is 5.92 Å². The van der Waals surface area contributed by atoms with Gasteiger partial charge in [-0.3, -0.25) is 4.79 Å². The maximum atomic E-state index is 10.5. The second kappa shape index (κ2) is 6.75. The van der Waals surface area contributed by atoms with E-state index in [1.807, 2.05) is 12.2 Å². The number of rotatable bonds is 6. The molecule has 0 aromatic carbocycles. The summed E-state index contributed by atoms with van der Waals surface area (Å²) in [5.41, 5.74) is 0. The van der Waals surface area contributed by atoms with Gasteiger partial charge in [-0.25, -0.2) is 0 Å². The Kier molecular flexibility index (Phi) is 6.38. The third-order valence-electron chi connectivity index (χ3n) is 1.89. The first-order chi connectivity index (χ1) is 6.07. The highest BCUT2D eigenvalue weighted by Gasteiger charge is 2.12. The van der Waals surface area contributed by atoms with Crippen molar-refractivity contribution in [3.8, 4) is 0 Å². The number of aliphatic carboxylic acids is 1. The molecule has 0 bridgehead atoms. The van der Waals surface area contributed by atoms with Gasteiger partial charge in [0.05, 0.1) is 13.8 Å². The fourth-order valence-electron chi connectivity index (χ4n) is 1.03. The Morgan fingerprint density at radius 1 is 1.62 bits per heavy atom. The molecule has 0 saturated carbocycles. The van der Waals surface area contributed by atoms with Crippen LogP contribution < -0.4 is 0 Å². The Morgan fingerprint density at radius 2 is 2.23 bits per heavy atom. The fraction of sp³-hybridized carbons (Fsp3) is 0.700. The molecule has 0 spiro atoms. The molecular weight excluding hydrogens is 163 g/mol. The number of hydrogen-bond acceptors (Lipinski definition) is 1. The van der Waals surface area contributed by atoms with Crippen LogP contribution in [0, 0.1) is 5.92 Å². The monoisotopic (exact) mass is 180 g/mol. The van der Waals surface area contributed by atoms with Gasteiger partial charge in [-0.2, -0.15) is 0 Å². The molecule has 0 aliphatic carbocycles. The summed E-state index contributed by atoms with van der Waals surface area (Å²) in [6.45, 7) is 3.77. The van der Waals surface area contributed by atoms with Crippen molar-refractivity contribution < 1.29 is 9.90 Å². The summed E-state index contributed by atoms with van der Waals surface area (Å²) in [6.07, 6.45) is 6.52. The van der Waals surface area contributed by atoms with Gasteiger partial charge < -0.3 is 5.11 Å². The van der Waals surface area contributed by atoms with Crippen LogP contribution in [0.25, 0.3) is 0 Å². The second-order valence-corrected chi connectivity index (χ2v) is 3.36. The minimum atomic E-state index is -0.778. The number of carboxylic acids is 1. The third kappa shape index (κ3) is 6.44. The summed E-state index contributed by atoms with van der Waals surface area (Å²) < 4.78 is 0. The number of allylic oxidation sites excluding steroid dienone is 2. The van der Waals surface area contributed by atoms with Crippen LogP contribution in [0.15, 0.2) is 12.2 Å². The first kappa shape index (κ1) is 12.3. The minimum absolute atomic E-state index is 0.127. The molecule has 2 unspecified atom stereocenters. The molecule has 0 saturated heterocycles. The van der Waals surface area contributed by atoms with E-state index in [2.05, 4.69) is 6.92 Å². The molecule has 0 aromatic rings. The minimum Gasteiger partial charge on any atom is -0.481 e. The van der Waals surface area contributed by atoms with Crippen LogP contribution in [0.1, 0.15) is 33.1 Å². The van der Waals surface area contributed by atoms with Gasteiger partial charge in [0, 0.05) is 0 Å². The molecule has 1 N–H and O–H groups in total. The fourth-order valence-corrected chi connectivity index (χ4v) is 1.03. The summed E-state index contributed by atoms with van der Waals surface area (Å²) in [7, 11) is 5.70. The predicted octanol–water partition coefficient (Wildman–Crippen LogP) is 2.41. The molecule has 3 heteroatoms. The van der Waals surface area contributed by atoms with Crippen molar-refractivity contribution in [2.75, 3.05) is 0 Å². The molecule has 0 aromatic heterocycles. The molecule has 2 radical (unpaired) electrons. The van der Waals surface area contributed by atoms with Gasteiger partial charge in [-0.05, 0) is 12.8 Å². The van der Waals surface area contributed by atoms with Crippen LogP contribution in [0.4, 0.5) is 0 Å². The van der Waals surface area contributed by atoms with E-state index < -0.39 is 5.97 Å². The molecule has 2 atom stereocenters. The normalized spacial score (nSPS) is 15.8. The average molecular weight is 180 g/mol. The Bertz CT molecular complexity index is 178. The number of carboxylic acid groups (broad SMARTS) is 1. The maximum absolute atomic E-state index is 10.5. The highest BCUT2D eigenvalue weighted by atomic mass is 16.4. The zero-order chi connectivity index (χ0) is 10.3. The van der Waals surface area contributed by atoms with Crippen molar-refractivity contribution in [3.05, 3.63) is 12.2 Å². The van der Waals surface area contributed by atoms with E-state index in [9.17, 15) is 4.79 Å². The average Bonchev–Trinajstić information content (AvgIpc) is 2.04. The lowest BCUT2D eigenvalue weighted by Crippen LogP contribution is -2.11. The zero-order valence-electron chi connectivity index (χ0n) is 8.36. The largest absolute Gasteiger partial charge is 0.481 e. The van der Waals surface area contributed by atoms with Crippen LogP contribution in [-0.4, -0.2) is 18.9 Å². The molecular formula is C10H17BO2. The lowest BCUT2D eigenvalue weighted by Gasteiger charge is -2.09. The van der Waals surface area contributed by atoms with Gasteiger partial charge in [0.15, 0.2) is 0 Å². The summed E-state index contributed by atoms with van der Waals surface area (Å²) in [6, 6.07) is 0. The summed E-state index contributed by atoms with van der Waals surface area (Å²) in [5, 5.41) is 8.62. The number of unbranched alkanes of at least 4 members (excludes halogenated alkanes) is 1. The van der Waals surface area contributed by atoms with Crippen LogP contribution in [0.2, 0.25) is 5.82 Å². The summed E-state index contributed by atoms with van der Waals surface area (Å²) >= 11 is 0. The standard InChI is InChI=1S/C10H17BO2/c1-3-4-5-6-9(11)7-8(2)10(12)13/h5-6,8-9H,3-4,7H2,1-2H3,(H,12,13)/b6-5+. The molecule has 2 nitrogen and oxygen atoms in total. The van der Waals surface area contributed by atoms with E-state index in [-0.39, 0.29) is 11.7 Å².